The highest BCUT2D eigenvalue weighted by molar-refractivity contribution is 9.10. The van der Waals surface area contributed by atoms with Crippen LogP contribution in [0.4, 0.5) is 0 Å². The van der Waals surface area contributed by atoms with Gasteiger partial charge < -0.3 is 14.5 Å². The van der Waals surface area contributed by atoms with Crippen molar-refractivity contribution in [1.29, 1.82) is 5.26 Å². The van der Waals surface area contributed by atoms with E-state index in [9.17, 15) is 5.26 Å². The fraction of sp³-hybridized carbons (Fsp3) is 0.172. The number of nitriles is 1. The molecule has 1 aromatic heterocycles. The Balaban J connectivity index is 1.70. The summed E-state index contributed by atoms with van der Waals surface area (Å²) in [5.41, 5.74) is 7.31. The number of aryl methyl sites for hydroxylation is 2. The monoisotopic (exact) mass is 527 g/mol. The first-order valence-electron chi connectivity index (χ1n) is 11.2. The normalized spacial score (nSPS) is 11.3. The fourth-order valence-corrected chi connectivity index (χ4v) is 4.11. The minimum Gasteiger partial charge on any atom is -0.493 e. The van der Waals surface area contributed by atoms with E-state index in [1.54, 1.807) is 7.11 Å². The van der Waals surface area contributed by atoms with Gasteiger partial charge in [-0.3, -0.25) is 0 Å². The third-order valence-electron chi connectivity index (χ3n) is 5.82. The zero-order valence-electron chi connectivity index (χ0n) is 20.0. The Labute approximate surface area is 213 Å². The molecule has 0 aliphatic heterocycles. The van der Waals surface area contributed by atoms with Gasteiger partial charge >= 0.3 is 0 Å². The highest BCUT2D eigenvalue weighted by Gasteiger charge is 2.15. The number of rotatable bonds is 8. The lowest BCUT2D eigenvalue weighted by atomic mass is 10.0. The van der Waals surface area contributed by atoms with E-state index in [1.165, 1.54) is 5.56 Å². The molecule has 6 heteroatoms. The number of aromatic amines is 1. The summed E-state index contributed by atoms with van der Waals surface area (Å²) in [5.74, 6) is 1.80. The number of imidazole rings is 1. The molecule has 0 amide bonds. The Kier molecular flexibility index (Phi) is 7.38. The van der Waals surface area contributed by atoms with Crippen molar-refractivity contribution in [3.8, 4) is 17.6 Å². The van der Waals surface area contributed by atoms with Crippen LogP contribution in [0, 0.1) is 25.2 Å². The van der Waals surface area contributed by atoms with Crippen LogP contribution in [0.2, 0.25) is 0 Å². The zero-order valence-corrected chi connectivity index (χ0v) is 21.6. The molecule has 0 atom stereocenters. The molecular weight excluding hydrogens is 502 g/mol. The number of aromatic nitrogens is 2. The maximum absolute atomic E-state index is 9.90. The highest BCUT2D eigenvalue weighted by atomic mass is 79.9. The van der Waals surface area contributed by atoms with Crippen LogP contribution in [-0.4, -0.2) is 17.1 Å². The van der Waals surface area contributed by atoms with E-state index in [2.05, 4.69) is 58.5 Å². The number of fused-ring (bicyclic) bond motifs is 1. The largest absolute Gasteiger partial charge is 0.493 e. The predicted octanol–water partition coefficient (Wildman–Crippen LogP) is 7.32. The lowest BCUT2D eigenvalue weighted by Gasteiger charge is -2.16. The highest BCUT2D eigenvalue weighted by Crippen LogP contribution is 2.35. The molecule has 0 unspecified atom stereocenters. The molecule has 0 radical (unpaired) electrons. The van der Waals surface area contributed by atoms with Crippen LogP contribution in [0.1, 0.15) is 33.6 Å². The van der Waals surface area contributed by atoms with Gasteiger partial charge in [-0.1, -0.05) is 34.1 Å². The lowest BCUT2D eigenvalue weighted by Crippen LogP contribution is -2.02. The Hall–Kier alpha value is -3.82. The van der Waals surface area contributed by atoms with E-state index in [0.717, 1.165) is 37.8 Å². The summed E-state index contributed by atoms with van der Waals surface area (Å²) in [4.78, 5) is 7.93. The second-order valence-corrected chi connectivity index (χ2v) is 9.24. The van der Waals surface area contributed by atoms with Gasteiger partial charge in [0, 0.05) is 10.0 Å². The quantitative estimate of drug-likeness (QED) is 0.192. The molecule has 0 aliphatic carbocycles. The molecule has 0 bridgehead atoms. The van der Waals surface area contributed by atoms with Crippen molar-refractivity contribution in [2.24, 2.45) is 0 Å². The summed E-state index contributed by atoms with van der Waals surface area (Å²) < 4.78 is 12.9. The molecule has 3 aromatic carbocycles. The van der Waals surface area contributed by atoms with Crippen LogP contribution in [-0.2, 0) is 13.0 Å². The number of hydrogen-bond donors (Lipinski definition) is 1. The van der Waals surface area contributed by atoms with E-state index in [-0.39, 0.29) is 0 Å². The molecule has 0 aliphatic rings. The minimum atomic E-state index is 0.407. The lowest BCUT2D eigenvalue weighted by molar-refractivity contribution is 0.282. The molecule has 4 aromatic rings. The molecule has 1 N–H and O–H groups in total. The van der Waals surface area contributed by atoms with Gasteiger partial charge in [0.15, 0.2) is 11.5 Å². The average Bonchev–Trinajstić information content (AvgIpc) is 3.25. The SMILES string of the molecule is C=CCc1cc(/C=C(/C#N)c2nc3cc(C)c(C)cc3[nH]2)cc(OC)c1OCc1ccc(Br)cc1. The van der Waals surface area contributed by atoms with Crippen LogP contribution >= 0.6 is 15.9 Å². The molecule has 0 fully saturated rings. The minimum absolute atomic E-state index is 0.407. The van der Waals surface area contributed by atoms with Gasteiger partial charge in [0.2, 0.25) is 0 Å². The van der Waals surface area contributed by atoms with Gasteiger partial charge in [-0.15, -0.1) is 6.58 Å². The smallest absolute Gasteiger partial charge is 0.165 e. The molecule has 0 spiro atoms. The van der Waals surface area contributed by atoms with Crippen LogP contribution in [0.15, 0.2) is 65.7 Å². The summed E-state index contributed by atoms with van der Waals surface area (Å²) in [6, 6.07) is 18.2. The topological polar surface area (TPSA) is 70.9 Å². The maximum Gasteiger partial charge on any atom is 0.165 e. The number of allylic oxidation sites excluding steroid dienone is 2. The van der Waals surface area contributed by atoms with E-state index in [4.69, 9.17) is 9.47 Å². The second kappa shape index (κ2) is 10.6. The van der Waals surface area contributed by atoms with Crippen LogP contribution in [0.25, 0.3) is 22.7 Å². The van der Waals surface area contributed by atoms with Gasteiger partial charge in [-0.2, -0.15) is 5.26 Å². The number of methoxy groups -OCH3 is 1. The summed E-state index contributed by atoms with van der Waals surface area (Å²) in [7, 11) is 1.61. The summed E-state index contributed by atoms with van der Waals surface area (Å²) in [6.45, 7) is 8.41. The molecule has 35 heavy (non-hydrogen) atoms. The zero-order chi connectivity index (χ0) is 24.9. The maximum atomic E-state index is 9.90. The van der Waals surface area contributed by atoms with Gasteiger partial charge in [0.1, 0.15) is 18.5 Å². The number of benzene rings is 3. The summed E-state index contributed by atoms with van der Waals surface area (Å²) in [5, 5.41) is 9.90. The summed E-state index contributed by atoms with van der Waals surface area (Å²) in [6.07, 6.45) is 4.23. The average molecular weight is 528 g/mol. The Morgan fingerprint density at radius 3 is 2.57 bits per heavy atom. The van der Waals surface area contributed by atoms with E-state index in [1.807, 2.05) is 54.6 Å². The Morgan fingerprint density at radius 1 is 1.14 bits per heavy atom. The first-order valence-corrected chi connectivity index (χ1v) is 12.0. The summed E-state index contributed by atoms with van der Waals surface area (Å²) >= 11 is 3.46. The number of hydrogen-bond acceptors (Lipinski definition) is 4. The van der Waals surface area contributed by atoms with Crippen molar-refractivity contribution in [2.75, 3.05) is 7.11 Å². The fourth-order valence-electron chi connectivity index (χ4n) is 3.84. The molecule has 0 saturated heterocycles. The second-order valence-electron chi connectivity index (χ2n) is 8.33. The number of nitrogens with zero attached hydrogens (tertiary/aromatic N) is 2. The van der Waals surface area contributed by atoms with Crippen molar-refractivity contribution in [3.05, 3.63) is 99.3 Å². The molecule has 4 rings (SSSR count). The van der Waals surface area contributed by atoms with Gasteiger partial charge in [-0.25, -0.2) is 4.98 Å². The predicted molar refractivity (Wildman–Crippen MR) is 144 cm³/mol. The van der Waals surface area contributed by atoms with Crippen LogP contribution in [0.3, 0.4) is 0 Å². The van der Waals surface area contributed by atoms with Crippen molar-refractivity contribution in [2.45, 2.75) is 26.9 Å². The van der Waals surface area contributed by atoms with Gasteiger partial charge in [0.05, 0.1) is 23.7 Å². The molecule has 0 saturated carbocycles. The van der Waals surface area contributed by atoms with Crippen molar-refractivity contribution in [3.63, 3.8) is 0 Å². The van der Waals surface area contributed by atoms with Crippen LogP contribution in [0.5, 0.6) is 11.5 Å². The van der Waals surface area contributed by atoms with Gasteiger partial charge in [-0.05, 0) is 85.0 Å². The number of H-pyrrole nitrogens is 1. The van der Waals surface area contributed by atoms with E-state index in [0.29, 0.717) is 35.9 Å². The molecule has 1 heterocycles. The Morgan fingerprint density at radius 2 is 1.89 bits per heavy atom. The number of nitrogens with one attached hydrogen (secondary N) is 1. The third kappa shape index (κ3) is 5.47. The van der Waals surface area contributed by atoms with Crippen LogP contribution < -0.4 is 9.47 Å². The number of halogens is 1. The van der Waals surface area contributed by atoms with Crippen molar-refractivity contribution < 1.29 is 9.47 Å². The molecule has 5 nitrogen and oxygen atoms in total. The van der Waals surface area contributed by atoms with E-state index < -0.39 is 0 Å². The first-order chi connectivity index (χ1) is 16.9. The first kappa shape index (κ1) is 24.3. The Bertz CT molecular complexity index is 1420. The standard InChI is InChI=1S/C29H26BrN3O2/c1-5-6-22-13-21(15-27(34-4)28(22)35-17-20-7-9-24(30)10-8-20)14-23(16-31)29-32-25-11-18(2)19(3)12-26(25)33-29/h5,7-15H,1,6,17H2,2-4H3,(H,32,33)/b23-14-. The van der Waals surface area contributed by atoms with Gasteiger partial charge in [0.25, 0.3) is 0 Å². The molecule has 176 valence electrons. The third-order valence-corrected chi connectivity index (χ3v) is 6.35. The number of ether oxygens (including phenoxy) is 2. The van der Waals surface area contributed by atoms with E-state index >= 15 is 0 Å². The van der Waals surface area contributed by atoms with Crippen molar-refractivity contribution in [1.82, 2.24) is 9.97 Å². The molecular formula is C29H26BrN3O2. The van der Waals surface area contributed by atoms with Crippen molar-refractivity contribution >= 4 is 38.6 Å².